The van der Waals surface area contributed by atoms with Crippen LogP contribution in [0.4, 0.5) is 0 Å². The number of carboxylic acid groups (broad SMARTS) is 1. The van der Waals surface area contributed by atoms with E-state index in [9.17, 15) is 4.79 Å². The van der Waals surface area contributed by atoms with Gasteiger partial charge in [-0.1, -0.05) is 0 Å². The van der Waals surface area contributed by atoms with Gasteiger partial charge >= 0.3 is 5.97 Å². The van der Waals surface area contributed by atoms with E-state index in [0.717, 1.165) is 0 Å². The van der Waals surface area contributed by atoms with Crippen molar-refractivity contribution in [1.29, 1.82) is 0 Å². The molecule has 72 valence electrons. The summed E-state index contributed by atoms with van der Waals surface area (Å²) in [5, 5.41) is 36.7. The van der Waals surface area contributed by atoms with Gasteiger partial charge in [-0.3, -0.25) is 10.1 Å². The Labute approximate surface area is 69.5 Å². The SMILES string of the molecule is O=C(O)C(CO)(CO)NCCO. The van der Waals surface area contributed by atoms with Gasteiger partial charge in [0.15, 0.2) is 5.54 Å². The number of hydrogen-bond donors (Lipinski definition) is 5. The average molecular weight is 179 g/mol. The highest BCUT2D eigenvalue weighted by atomic mass is 16.4. The largest absolute Gasteiger partial charge is 0.480 e. The molecule has 0 rings (SSSR count). The molecule has 0 amide bonds. The maximum absolute atomic E-state index is 10.5. The lowest BCUT2D eigenvalue weighted by Crippen LogP contribution is -2.58. The molecule has 0 saturated heterocycles. The second-order valence-corrected chi connectivity index (χ2v) is 2.35. The fourth-order valence-electron chi connectivity index (χ4n) is 0.668. The molecule has 0 spiro atoms. The van der Waals surface area contributed by atoms with E-state index in [0.29, 0.717) is 0 Å². The van der Waals surface area contributed by atoms with Gasteiger partial charge in [-0.05, 0) is 0 Å². The molecule has 0 bridgehead atoms. The van der Waals surface area contributed by atoms with Gasteiger partial charge in [0.1, 0.15) is 0 Å². The van der Waals surface area contributed by atoms with Crippen molar-refractivity contribution < 1.29 is 25.2 Å². The summed E-state index contributed by atoms with van der Waals surface area (Å²) in [6.45, 7) is -1.69. The van der Waals surface area contributed by atoms with E-state index < -0.39 is 24.7 Å². The Kier molecular flexibility index (Phi) is 4.75. The van der Waals surface area contributed by atoms with Crippen LogP contribution in [0.2, 0.25) is 0 Å². The normalized spacial score (nSPS) is 11.6. The van der Waals surface area contributed by atoms with Gasteiger partial charge in [0.25, 0.3) is 0 Å². The molecule has 6 heteroatoms. The van der Waals surface area contributed by atoms with Gasteiger partial charge in [-0.2, -0.15) is 0 Å². The van der Waals surface area contributed by atoms with Crippen molar-refractivity contribution in [3.8, 4) is 0 Å². The third-order valence-electron chi connectivity index (χ3n) is 1.52. The Morgan fingerprint density at radius 1 is 1.25 bits per heavy atom. The molecule has 0 unspecified atom stereocenters. The second-order valence-electron chi connectivity index (χ2n) is 2.35. The van der Waals surface area contributed by atoms with Crippen molar-refractivity contribution in [2.24, 2.45) is 0 Å². The maximum Gasteiger partial charge on any atom is 0.328 e. The Hall–Kier alpha value is -0.690. The van der Waals surface area contributed by atoms with Crippen LogP contribution < -0.4 is 5.32 Å². The zero-order chi connectivity index (χ0) is 9.61. The number of aliphatic carboxylic acids is 1. The molecule has 0 fully saturated rings. The monoisotopic (exact) mass is 179 g/mol. The van der Waals surface area contributed by atoms with Crippen LogP contribution in [0.15, 0.2) is 0 Å². The fraction of sp³-hybridized carbons (Fsp3) is 0.833. The lowest BCUT2D eigenvalue weighted by molar-refractivity contribution is -0.148. The lowest BCUT2D eigenvalue weighted by atomic mass is 10.0. The number of carboxylic acids is 1. The summed E-state index contributed by atoms with van der Waals surface area (Å²) < 4.78 is 0. The molecular weight excluding hydrogens is 166 g/mol. The summed E-state index contributed by atoms with van der Waals surface area (Å²) >= 11 is 0. The second kappa shape index (κ2) is 5.04. The molecule has 0 aliphatic rings. The topological polar surface area (TPSA) is 110 Å². The van der Waals surface area contributed by atoms with E-state index in [4.69, 9.17) is 20.4 Å². The van der Waals surface area contributed by atoms with Gasteiger partial charge in [-0.15, -0.1) is 0 Å². The van der Waals surface area contributed by atoms with E-state index in [-0.39, 0.29) is 13.2 Å². The van der Waals surface area contributed by atoms with Crippen molar-refractivity contribution in [2.75, 3.05) is 26.4 Å². The minimum absolute atomic E-state index is 0.00736. The van der Waals surface area contributed by atoms with Crippen molar-refractivity contribution in [3.63, 3.8) is 0 Å². The maximum atomic E-state index is 10.5. The molecule has 0 heterocycles. The average Bonchev–Trinajstić information content (AvgIpc) is 2.07. The smallest absolute Gasteiger partial charge is 0.328 e. The zero-order valence-corrected chi connectivity index (χ0v) is 6.53. The van der Waals surface area contributed by atoms with Gasteiger partial charge in [-0.25, -0.2) is 0 Å². The molecule has 12 heavy (non-hydrogen) atoms. The Morgan fingerprint density at radius 3 is 2.00 bits per heavy atom. The van der Waals surface area contributed by atoms with E-state index >= 15 is 0 Å². The lowest BCUT2D eigenvalue weighted by Gasteiger charge is -2.25. The van der Waals surface area contributed by atoms with Crippen LogP contribution in [-0.2, 0) is 4.79 Å². The van der Waals surface area contributed by atoms with Crippen LogP contribution in [0.3, 0.4) is 0 Å². The first kappa shape index (κ1) is 11.3. The van der Waals surface area contributed by atoms with E-state index in [1.165, 1.54) is 0 Å². The molecule has 0 radical (unpaired) electrons. The molecule has 0 aliphatic heterocycles. The highest BCUT2D eigenvalue weighted by Gasteiger charge is 2.36. The van der Waals surface area contributed by atoms with E-state index in [1.807, 2.05) is 0 Å². The third-order valence-corrected chi connectivity index (χ3v) is 1.52. The molecule has 0 aromatic rings. The van der Waals surface area contributed by atoms with Crippen LogP contribution in [0.25, 0.3) is 0 Å². The molecule has 0 aliphatic carbocycles. The summed E-state index contributed by atoms with van der Waals surface area (Å²) in [4.78, 5) is 10.5. The minimum atomic E-state index is -1.75. The fourth-order valence-corrected chi connectivity index (χ4v) is 0.668. The first-order chi connectivity index (χ1) is 5.63. The van der Waals surface area contributed by atoms with E-state index in [1.54, 1.807) is 0 Å². The number of hydrogen-bond acceptors (Lipinski definition) is 5. The van der Waals surface area contributed by atoms with Gasteiger partial charge in [0.2, 0.25) is 0 Å². The number of β-amino-alcohol motifs (C(OH)–C–C–N with tert-alkyl or cyclic N) is 1. The molecule has 5 N–H and O–H groups in total. The number of aliphatic hydroxyl groups is 3. The summed E-state index contributed by atoms with van der Waals surface area (Å²) in [5.74, 6) is -1.35. The molecule has 0 saturated carbocycles. The van der Waals surface area contributed by atoms with Crippen LogP contribution in [-0.4, -0.2) is 58.3 Å². The first-order valence-electron chi connectivity index (χ1n) is 3.44. The molecule has 0 atom stereocenters. The number of nitrogens with one attached hydrogen (secondary N) is 1. The van der Waals surface area contributed by atoms with Crippen LogP contribution in [0.5, 0.6) is 0 Å². The number of rotatable bonds is 6. The van der Waals surface area contributed by atoms with Crippen molar-refractivity contribution >= 4 is 5.97 Å². The number of carbonyl (C=O) groups is 1. The Bertz CT molecular complexity index is 145. The Morgan fingerprint density at radius 2 is 1.75 bits per heavy atom. The first-order valence-corrected chi connectivity index (χ1v) is 3.44. The molecule has 0 aromatic heterocycles. The van der Waals surface area contributed by atoms with Crippen molar-refractivity contribution in [1.82, 2.24) is 5.32 Å². The summed E-state index contributed by atoms with van der Waals surface area (Å²) in [5.41, 5.74) is -1.75. The zero-order valence-electron chi connectivity index (χ0n) is 6.53. The van der Waals surface area contributed by atoms with Gasteiger partial charge in [0.05, 0.1) is 19.8 Å². The van der Waals surface area contributed by atoms with Crippen molar-refractivity contribution in [3.05, 3.63) is 0 Å². The van der Waals surface area contributed by atoms with Gasteiger partial charge < -0.3 is 20.4 Å². The van der Waals surface area contributed by atoms with Crippen LogP contribution in [0, 0.1) is 0 Å². The molecule has 6 nitrogen and oxygen atoms in total. The quantitative estimate of drug-likeness (QED) is 0.305. The van der Waals surface area contributed by atoms with E-state index in [2.05, 4.69) is 5.32 Å². The molecular formula is C6H13NO5. The predicted octanol–water partition coefficient (Wildman–Crippen LogP) is -2.62. The standard InChI is InChI=1S/C6H13NO5/c8-2-1-7-6(3-9,4-10)5(11)12/h7-10H,1-4H2,(H,11,12). The highest BCUT2D eigenvalue weighted by molar-refractivity contribution is 5.79. The minimum Gasteiger partial charge on any atom is -0.480 e. The van der Waals surface area contributed by atoms with Crippen molar-refractivity contribution in [2.45, 2.75) is 5.54 Å². The molecule has 0 aromatic carbocycles. The number of aliphatic hydroxyl groups excluding tert-OH is 3. The summed E-state index contributed by atoms with van der Waals surface area (Å²) in [6, 6.07) is 0. The highest BCUT2D eigenvalue weighted by Crippen LogP contribution is 2.01. The van der Waals surface area contributed by atoms with Gasteiger partial charge in [0, 0.05) is 6.54 Å². The third kappa shape index (κ3) is 2.42. The predicted molar refractivity (Wildman–Crippen MR) is 39.6 cm³/mol. The Balaban J connectivity index is 4.25. The summed E-state index contributed by atoms with van der Waals surface area (Å²) in [7, 11) is 0. The van der Waals surface area contributed by atoms with Crippen LogP contribution in [0.1, 0.15) is 0 Å². The van der Waals surface area contributed by atoms with Crippen LogP contribution >= 0.6 is 0 Å². The summed E-state index contributed by atoms with van der Waals surface area (Å²) in [6.07, 6.45) is 0.